The second kappa shape index (κ2) is 5.38. The van der Waals surface area contributed by atoms with Crippen LogP contribution in [-0.2, 0) is 9.84 Å². The van der Waals surface area contributed by atoms with Crippen LogP contribution in [0.25, 0.3) is 0 Å². The molecule has 0 amide bonds. The van der Waals surface area contributed by atoms with E-state index in [9.17, 15) is 8.42 Å². The smallest absolute Gasteiger partial charge is 0.206 e. The molecule has 4 radical (unpaired) electrons. The molecule has 0 fully saturated rings. The minimum absolute atomic E-state index is 0.260. The van der Waals surface area contributed by atoms with Crippen molar-refractivity contribution < 1.29 is 8.42 Å². The van der Waals surface area contributed by atoms with Crippen molar-refractivity contribution in [3.05, 3.63) is 46.5 Å². The fourth-order valence-electron chi connectivity index (χ4n) is 2.32. The van der Waals surface area contributed by atoms with Crippen molar-refractivity contribution in [3.63, 3.8) is 0 Å². The quantitative estimate of drug-likeness (QED) is 0.783. The third-order valence-electron chi connectivity index (χ3n) is 3.76. The summed E-state index contributed by atoms with van der Waals surface area (Å²) in [6.07, 6.45) is 0. The highest BCUT2D eigenvalue weighted by Gasteiger charge is 2.20. The van der Waals surface area contributed by atoms with Gasteiger partial charge in [-0.3, -0.25) is 0 Å². The first-order valence-corrected chi connectivity index (χ1v) is 8.11. The molecule has 0 unspecified atom stereocenters. The molecule has 0 bridgehead atoms. The maximum atomic E-state index is 12.8. The minimum Gasteiger partial charge on any atom is -0.219 e. The molecule has 0 spiro atoms. The van der Waals surface area contributed by atoms with E-state index in [2.05, 4.69) is 0 Å². The van der Waals surface area contributed by atoms with Gasteiger partial charge in [-0.05, 0) is 52.0 Å². The van der Waals surface area contributed by atoms with Crippen molar-refractivity contribution in [2.45, 2.75) is 37.5 Å². The average molecular weight is 294 g/mol. The molecule has 2 aromatic rings. The number of hydrogen-bond acceptors (Lipinski definition) is 2. The van der Waals surface area contributed by atoms with Crippen molar-refractivity contribution in [2.75, 3.05) is 0 Å². The van der Waals surface area contributed by atoms with Crippen LogP contribution in [0.1, 0.15) is 22.3 Å². The van der Waals surface area contributed by atoms with Crippen LogP contribution in [0.4, 0.5) is 0 Å². The highest BCUT2D eigenvalue weighted by atomic mass is 32.2. The average Bonchev–Trinajstić information content (AvgIpc) is 2.40. The standard InChI is InChI=1S/C16H16B2O2S/c1-9-5-13(6-10(2)15(9)17)21(19,20)14-7-11(3)16(18)12(4)8-14/h5-8H,1-4H3. The summed E-state index contributed by atoms with van der Waals surface area (Å²) in [6.45, 7) is 7.23. The maximum absolute atomic E-state index is 12.8. The van der Waals surface area contributed by atoms with Crippen LogP contribution in [0.3, 0.4) is 0 Å². The summed E-state index contributed by atoms with van der Waals surface area (Å²) in [5, 5.41) is 0. The first-order valence-electron chi connectivity index (χ1n) is 6.63. The van der Waals surface area contributed by atoms with E-state index in [4.69, 9.17) is 15.7 Å². The molecule has 21 heavy (non-hydrogen) atoms. The van der Waals surface area contributed by atoms with Gasteiger partial charge in [-0.15, -0.1) is 0 Å². The van der Waals surface area contributed by atoms with Crippen LogP contribution in [0.15, 0.2) is 34.1 Å². The summed E-state index contributed by atoms with van der Waals surface area (Å²) in [7, 11) is 8.21. The summed E-state index contributed by atoms with van der Waals surface area (Å²) in [5.41, 5.74) is 4.29. The molecule has 0 heterocycles. The van der Waals surface area contributed by atoms with Gasteiger partial charge in [-0.2, -0.15) is 0 Å². The van der Waals surface area contributed by atoms with E-state index < -0.39 is 9.84 Å². The largest absolute Gasteiger partial charge is 0.219 e. The Morgan fingerprint density at radius 1 is 0.667 bits per heavy atom. The van der Waals surface area contributed by atoms with E-state index in [1.54, 1.807) is 52.0 Å². The van der Waals surface area contributed by atoms with Gasteiger partial charge >= 0.3 is 0 Å². The molecular formula is C16H16B2O2S. The van der Waals surface area contributed by atoms with E-state index in [0.717, 1.165) is 22.3 Å². The summed E-state index contributed by atoms with van der Waals surface area (Å²) < 4.78 is 25.6. The van der Waals surface area contributed by atoms with E-state index in [1.165, 1.54) is 0 Å². The van der Waals surface area contributed by atoms with Gasteiger partial charge in [0, 0.05) is 0 Å². The van der Waals surface area contributed by atoms with Crippen LogP contribution >= 0.6 is 0 Å². The number of rotatable bonds is 2. The second-order valence-corrected chi connectivity index (χ2v) is 7.39. The Kier molecular flexibility index (Phi) is 4.07. The van der Waals surface area contributed by atoms with Crippen molar-refractivity contribution in [1.29, 1.82) is 0 Å². The third-order valence-corrected chi connectivity index (χ3v) is 5.47. The van der Waals surface area contributed by atoms with Gasteiger partial charge in [0.1, 0.15) is 15.7 Å². The number of benzene rings is 2. The molecule has 0 aliphatic heterocycles. The second-order valence-electron chi connectivity index (χ2n) is 5.44. The Morgan fingerprint density at radius 2 is 0.905 bits per heavy atom. The lowest BCUT2D eigenvalue weighted by Crippen LogP contribution is -2.16. The van der Waals surface area contributed by atoms with Gasteiger partial charge in [0.15, 0.2) is 0 Å². The lowest BCUT2D eigenvalue weighted by molar-refractivity contribution is 0.596. The number of hydrogen-bond donors (Lipinski definition) is 0. The van der Waals surface area contributed by atoms with E-state index in [-0.39, 0.29) is 9.79 Å². The Morgan fingerprint density at radius 3 is 1.14 bits per heavy atom. The SMILES string of the molecule is [B]c1c(C)cc(S(=O)(=O)c2cc(C)c([B])c(C)c2)cc1C. The lowest BCUT2D eigenvalue weighted by atomic mass is 9.87. The molecule has 0 aliphatic rings. The summed E-state index contributed by atoms with van der Waals surface area (Å²) in [6, 6.07) is 6.44. The Bertz CT molecular complexity index is 715. The molecule has 5 heteroatoms. The van der Waals surface area contributed by atoms with Crippen molar-refractivity contribution in [1.82, 2.24) is 0 Å². The molecule has 0 aliphatic carbocycles. The highest BCUT2D eigenvalue weighted by Crippen LogP contribution is 2.23. The van der Waals surface area contributed by atoms with Gasteiger partial charge in [0.2, 0.25) is 9.84 Å². The van der Waals surface area contributed by atoms with E-state index in [0.29, 0.717) is 10.9 Å². The van der Waals surface area contributed by atoms with Crippen molar-refractivity contribution in [2.24, 2.45) is 0 Å². The van der Waals surface area contributed by atoms with Gasteiger partial charge in [-0.1, -0.05) is 33.2 Å². The molecule has 0 saturated heterocycles. The van der Waals surface area contributed by atoms with Crippen LogP contribution in [0.2, 0.25) is 0 Å². The topological polar surface area (TPSA) is 34.1 Å². The van der Waals surface area contributed by atoms with Crippen LogP contribution in [0.5, 0.6) is 0 Å². The highest BCUT2D eigenvalue weighted by molar-refractivity contribution is 7.91. The molecule has 0 N–H and O–H groups in total. The molecule has 2 aromatic carbocycles. The first kappa shape index (κ1) is 15.9. The van der Waals surface area contributed by atoms with Crippen molar-refractivity contribution >= 4 is 36.5 Å². The Balaban J connectivity index is 2.68. The van der Waals surface area contributed by atoms with Gasteiger partial charge in [0.05, 0.1) is 9.79 Å². The first-order chi connectivity index (χ1) is 9.64. The summed E-state index contributed by atoms with van der Waals surface area (Å²) in [5.74, 6) is 0. The zero-order valence-corrected chi connectivity index (χ0v) is 13.5. The Hall–Kier alpha value is -1.48. The molecule has 0 aromatic heterocycles. The fourth-order valence-corrected chi connectivity index (χ4v) is 3.92. The van der Waals surface area contributed by atoms with Gasteiger partial charge in [0.25, 0.3) is 0 Å². The monoisotopic (exact) mass is 294 g/mol. The molecular weight excluding hydrogens is 278 g/mol. The molecule has 104 valence electrons. The number of aryl methyl sites for hydroxylation is 4. The Labute approximate surface area is 129 Å². The van der Waals surface area contributed by atoms with E-state index in [1.807, 2.05) is 0 Å². The summed E-state index contributed by atoms with van der Waals surface area (Å²) in [4.78, 5) is 0.519. The van der Waals surface area contributed by atoms with Crippen LogP contribution in [-0.4, -0.2) is 24.1 Å². The zero-order valence-electron chi connectivity index (χ0n) is 12.7. The van der Waals surface area contributed by atoms with Gasteiger partial charge in [-0.25, -0.2) is 8.42 Å². The molecule has 0 saturated carbocycles. The summed E-state index contributed by atoms with van der Waals surface area (Å²) >= 11 is 0. The van der Waals surface area contributed by atoms with Crippen LogP contribution in [0, 0.1) is 27.7 Å². The molecule has 2 nitrogen and oxygen atoms in total. The zero-order chi connectivity index (χ0) is 15.9. The lowest BCUT2D eigenvalue weighted by Gasteiger charge is -2.13. The van der Waals surface area contributed by atoms with Crippen molar-refractivity contribution in [3.8, 4) is 0 Å². The normalized spacial score (nSPS) is 11.6. The fraction of sp³-hybridized carbons (Fsp3) is 0.250. The predicted octanol–water partition coefficient (Wildman–Crippen LogP) is 1.34. The predicted molar refractivity (Wildman–Crippen MR) is 88.1 cm³/mol. The third kappa shape index (κ3) is 2.80. The van der Waals surface area contributed by atoms with Gasteiger partial charge < -0.3 is 0 Å². The number of sulfone groups is 1. The minimum atomic E-state index is -3.57. The maximum Gasteiger partial charge on any atom is 0.206 e. The molecule has 2 rings (SSSR count). The van der Waals surface area contributed by atoms with E-state index >= 15 is 0 Å². The molecule has 0 atom stereocenters. The van der Waals surface area contributed by atoms with Crippen LogP contribution < -0.4 is 10.9 Å².